The molecular weight excluding hydrogens is 456 g/mol. The maximum absolute atomic E-state index is 12.6. The Bertz CT molecular complexity index is 956. The first-order valence-electron chi connectivity index (χ1n) is 9.68. The van der Waals surface area contributed by atoms with Crippen LogP contribution in [-0.2, 0) is 10.1 Å². The average Bonchev–Trinajstić information content (AvgIpc) is 3.01. The summed E-state index contributed by atoms with van der Waals surface area (Å²) in [5.74, 6) is 0.249. The second-order valence-corrected chi connectivity index (χ2v) is 9.59. The molecule has 2 aromatic rings. The number of anilines is 1. The molecule has 0 atom stereocenters. The molecule has 8 heteroatoms. The minimum atomic E-state index is -3.96. The van der Waals surface area contributed by atoms with Crippen LogP contribution in [0.5, 0.6) is 5.75 Å². The van der Waals surface area contributed by atoms with Crippen LogP contribution in [0.1, 0.15) is 31.7 Å². The molecule has 1 heterocycles. The van der Waals surface area contributed by atoms with Crippen molar-refractivity contribution in [3.05, 3.63) is 52.5 Å². The molecule has 2 aromatic carbocycles. The average molecular weight is 481 g/mol. The number of benzene rings is 2. The van der Waals surface area contributed by atoms with Crippen molar-refractivity contribution in [1.82, 2.24) is 4.90 Å². The molecule has 0 aromatic heterocycles. The molecule has 6 nitrogen and oxygen atoms in total. The number of aryl methyl sites for hydroxylation is 1. The fraction of sp³-hybridized carbons (Fsp3) is 0.381. The summed E-state index contributed by atoms with van der Waals surface area (Å²) in [6.07, 6.45) is 3.22. The van der Waals surface area contributed by atoms with Gasteiger partial charge < -0.3 is 9.08 Å². The van der Waals surface area contributed by atoms with E-state index in [4.69, 9.17) is 4.18 Å². The predicted octanol–water partition coefficient (Wildman–Crippen LogP) is 4.96. The summed E-state index contributed by atoms with van der Waals surface area (Å²) in [7, 11) is -3.96. The van der Waals surface area contributed by atoms with Gasteiger partial charge in [0.2, 0.25) is 0 Å². The molecule has 29 heavy (non-hydrogen) atoms. The number of hydrogen-bond donors (Lipinski definition) is 0. The van der Waals surface area contributed by atoms with E-state index in [0.29, 0.717) is 18.8 Å². The number of rotatable bonds is 8. The molecule has 1 saturated heterocycles. The van der Waals surface area contributed by atoms with Crippen LogP contribution in [0.4, 0.5) is 10.5 Å². The van der Waals surface area contributed by atoms with Crippen LogP contribution in [-0.4, -0.2) is 39.0 Å². The zero-order valence-corrected chi connectivity index (χ0v) is 19.0. The molecule has 3 rings (SSSR count). The Balaban J connectivity index is 1.70. The number of nitrogens with zero attached hydrogens (tertiary/aromatic N) is 2. The maximum atomic E-state index is 12.6. The molecule has 0 saturated carbocycles. The van der Waals surface area contributed by atoms with Crippen LogP contribution in [0.3, 0.4) is 0 Å². The number of carbonyl (C=O) groups excluding carboxylic acids is 1. The molecule has 1 aliphatic rings. The largest absolute Gasteiger partial charge is 0.379 e. The van der Waals surface area contributed by atoms with E-state index in [1.54, 1.807) is 29.2 Å². The lowest BCUT2D eigenvalue weighted by Gasteiger charge is -2.19. The molecule has 1 aliphatic heterocycles. The van der Waals surface area contributed by atoms with E-state index in [2.05, 4.69) is 22.9 Å². The number of carbonyl (C=O) groups is 1. The summed E-state index contributed by atoms with van der Waals surface area (Å²) >= 11 is 3.34. The lowest BCUT2D eigenvalue weighted by molar-refractivity contribution is 0.219. The Kier molecular flexibility index (Phi) is 6.85. The quantitative estimate of drug-likeness (QED) is 0.395. The molecule has 0 aliphatic carbocycles. The van der Waals surface area contributed by atoms with Gasteiger partial charge >= 0.3 is 16.1 Å². The van der Waals surface area contributed by atoms with E-state index in [-0.39, 0.29) is 16.7 Å². The highest BCUT2D eigenvalue weighted by Gasteiger charge is 2.29. The van der Waals surface area contributed by atoms with Gasteiger partial charge in [0.15, 0.2) is 0 Å². The monoisotopic (exact) mass is 480 g/mol. The molecule has 0 radical (unpaired) electrons. The molecule has 0 bridgehead atoms. The Morgan fingerprint density at radius 1 is 1.07 bits per heavy atom. The van der Waals surface area contributed by atoms with Gasteiger partial charge in [-0.05, 0) is 61.4 Å². The highest BCUT2D eigenvalue weighted by Crippen LogP contribution is 2.26. The van der Waals surface area contributed by atoms with E-state index < -0.39 is 10.1 Å². The highest BCUT2D eigenvalue weighted by molar-refractivity contribution is 9.10. The van der Waals surface area contributed by atoms with Crippen molar-refractivity contribution in [3.8, 4) is 5.75 Å². The standard InChI is InChI=1S/C21H25BrN2O4S/c1-3-4-5-10-23-11-12-24(21(23)25)18-6-8-20(9-7-18)29(26,27)28-19-14-16(2)13-17(22)15-19/h6-9,13-15H,3-5,10-12H2,1-2H3. The van der Waals surface area contributed by atoms with E-state index >= 15 is 0 Å². The first-order chi connectivity index (χ1) is 13.8. The van der Waals surface area contributed by atoms with Crippen molar-refractivity contribution < 1.29 is 17.4 Å². The minimum Gasteiger partial charge on any atom is -0.379 e. The van der Waals surface area contributed by atoms with Gasteiger partial charge in [-0.25, -0.2) is 4.79 Å². The normalized spacial score (nSPS) is 14.5. The van der Waals surface area contributed by atoms with Gasteiger partial charge in [-0.15, -0.1) is 0 Å². The zero-order chi connectivity index (χ0) is 21.0. The summed E-state index contributed by atoms with van der Waals surface area (Å²) in [6, 6.07) is 11.4. The van der Waals surface area contributed by atoms with Gasteiger partial charge in [-0.1, -0.05) is 35.7 Å². The van der Waals surface area contributed by atoms with Gasteiger partial charge in [0.1, 0.15) is 10.6 Å². The summed E-state index contributed by atoms with van der Waals surface area (Å²) in [5.41, 5.74) is 1.57. The molecule has 2 amide bonds. The van der Waals surface area contributed by atoms with Crippen LogP contribution in [0, 0.1) is 6.92 Å². The van der Waals surface area contributed by atoms with E-state index in [1.165, 1.54) is 12.1 Å². The second kappa shape index (κ2) is 9.17. The van der Waals surface area contributed by atoms with E-state index in [1.807, 2.05) is 17.9 Å². The highest BCUT2D eigenvalue weighted by atomic mass is 79.9. The van der Waals surface area contributed by atoms with E-state index in [0.717, 1.165) is 35.8 Å². The van der Waals surface area contributed by atoms with Gasteiger partial charge in [-0.3, -0.25) is 4.90 Å². The molecule has 0 unspecified atom stereocenters. The fourth-order valence-corrected chi connectivity index (χ4v) is 4.80. The first kappa shape index (κ1) is 21.6. The number of unbranched alkanes of at least 4 members (excludes halogenated alkanes) is 2. The van der Waals surface area contributed by atoms with Gasteiger partial charge in [0.25, 0.3) is 0 Å². The smallest absolute Gasteiger partial charge is 0.339 e. The third-order valence-electron chi connectivity index (χ3n) is 4.79. The predicted molar refractivity (Wildman–Crippen MR) is 117 cm³/mol. The van der Waals surface area contributed by atoms with E-state index in [9.17, 15) is 13.2 Å². The summed E-state index contributed by atoms with van der Waals surface area (Å²) in [5, 5.41) is 0. The van der Waals surface area contributed by atoms with Crippen LogP contribution in [0.15, 0.2) is 51.8 Å². The van der Waals surface area contributed by atoms with Crippen molar-refractivity contribution in [3.63, 3.8) is 0 Å². The summed E-state index contributed by atoms with van der Waals surface area (Å²) < 4.78 is 31.2. The first-order valence-corrected chi connectivity index (χ1v) is 11.9. The number of hydrogen-bond acceptors (Lipinski definition) is 4. The number of amides is 2. The van der Waals surface area contributed by atoms with Crippen molar-refractivity contribution >= 4 is 37.8 Å². The van der Waals surface area contributed by atoms with Gasteiger partial charge in [-0.2, -0.15) is 8.42 Å². The van der Waals surface area contributed by atoms with Crippen LogP contribution >= 0.6 is 15.9 Å². The lowest BCUT2D eigenvalue weighted by Crippen LogP contribution is -2.32. The Morgan fingerprint density at radius 2 is 1.79 bits per heavy atom. The molecule has 0 spiro atoms. The second-order valence-electron chi connectivity index (χ2n) is 7.12. The van der Waals surface area contributed by atoms with Crippen LogP contribution in [0.25, 0.3) is 0 Å². The van der Waals surface area contributed by atoms with Gasteiger partial charge in [0, 0.05) is 29.8 Å². The number of urea groups is 1. The molecule has 0 N–H and O–H groups in total. The third-order valence-corrected chi connectivity index (χ3v) is 6.50. The van der Waals surface area contributed by atoms with Crippen molar-refractivity contribution in [2.45, 2.75) is 38.0 Å². The molecule has 156 valence electrons. The summed E-state index contributed by atoms with van der Waals surface area (Å²) in [6.45, 7) is 6.04. The van der Waals surface area contributed by atoms with Crippen molar-refractivity contribution in [1.29, 1.82) is 0 Å². The van der Waals surface area contributed by atoms with Gasteiger partial charge in [0.05, 0.1) is 0 Å². The SMILES string of the molecule is CCCCCN1CCN(c2ccc(S(=O)(=O)Oc3cc(C)cc(Br)c3)cc2)C1=O. The van der Waals surface area contributed by atoms with Crippen molar-refractivity contribution in [2.75, 3.05) is 24.5 Å². The Labute approximate surface area is 180 Å². The number of halogens is 1. The van der Waals surface area contributed by atoms with Crippen molar-refractivity contribution in [2.24, 2.45) is 0 Å². The van der Waals surface area contributed by atoms with Crippen LogP contribution in [0.2, 0.25) is 0 Å². The lowest BCUT2D eigenvalue weighted by atomic mass is 10.2. The fourth-order valence-electron chi connectivity index (χ4n) is 3.30. The summed E-state index contributed by atoms with van der Waals surface area (Å²) in [4.78, 5) is 16.2. The molecule has 1 fully saturated rings. The minimum absolute atomic E-state index is 0.0300. The topological polar surface area (TPSA) is 66.9 Å². The maximum Gasteiger partial charge on any atom is 0.339 e. The Morgan fingerprint density at radius 3 is 2.45 bits per heavy atom. The zero-order valence-electron chi connectivity index (χ0n) is 16.6. The molecular formula is C21H25BrN2O4S. The Hall–Kier alpha value is -2.06. The van der Waals surface area contributed by atoms with Crippen LogP contribution < -0.4 is 9.08 Å². The third kappa shape index (κ3) is 5.30.